The third-order valence-electron chi connectivity index (χ3n) is 3.55. The molecule has 0 spiro atoms. The van der Waals surface area contributed by atoms with Crippen LogP contribution in [0.15, 0.2) is 0 Å². The van der Waals surface area contributed by atoms with E-state index in [1.165, 1.54) is 0 Å². The van der Waals surface area contributed by atoms with E-state index in [0.29, 0.717) is 19.6 Å². The van der Waals surface area contributed by atoms with Crippen molar-refractivity contribution in [2.24, 2.45) is 0 Å². The molecule has 6 heteroatoms. The second-order valence-corrected chi connectivity index (χ2v) is 8.32. The summed E-state index contributed by atoms with van der Waals surface area (Å²) in [5, 5.41) is 2.57. The molecule has 1 atom stereocenters. The third kappa shape index (κ3) is 3.66. The lowest BCUT2D eigenvalue weighted by Gasteiger charge is -2.42. The molecule has 0 aromatic carbocycles. The van der Waals surface area contributed by atoms with E-state index in [-0.39, 0.29) is 10.8 Å². The number of piperazine rings is 1. The highest BCUT2D eigenvalue weighted by molar-refractivity contribution is 7.89. The van der Waals surface area contributed by atoms with Gasteiger partial charge in [-0.1, -0.05) is 0 Å². The van der Waals surface area contributed by atoms with Crippen molar-refractivity contribution in [1.82, 2.24) is 14.5 Å². The van der Waals surface area contributed by atoms with Gasteiger partial charge in [0, 0.05) is 38.3 Å². The Morgan fingerprint density at radius 3 is 2.06 bits per heavy atom. The zero-order valence-corrected chi connectivity index (χ0v) is 13.0. The zero-order chi connectivity index (χ0) is 14.0. The van der Waals surface area contributed by atoms with Crippen molar-refractivity contribution < 1.29 is 8.42 Å². The molecule has 0 aromatic heterocycles. The molecule has 0 bridgehead atoms. The molecule has 1 rings (SSSR count). The predicted octanol–water partition coefficient (Wildman–Crippen LogP) is 0.340. The molecule has 18 heavy (non-hydrogen) atoms. The molecule has 1 N–H and O–H groups in total. The van der Waals surface area contributed by atoms with Gasteiger partial charge in [-0.15, -0.1) is 0 Å². The molecule has 1 saturated heterocycles. The molecule has 1 aliphatic heterocycles. The summed E-state index contributed by atoms with van der Waals surface area (Å²) in [4.78, 5) is 2.34. The van der Waals surface area contributed by atoms with E-state index in [1.807, 2.05) is 0 Å². The van der Waals surface area contributed by atoms with Crippen LogP contribution >= 0.6 is 0 Å². The quantitative estimate of drug-likeness (QED) is 0.805. The fraction of sp³-hybridized carbons (Fsp3) is 1.00. The predicted molar refractivity (Wildman–Crippen MR) is 75.2 cm³/mol. The fourth-order valence-corrected chi connectivity index (χ4v) is 3.82. The molecule has 1 aliphatic rings. The number of rotatable bonds is 4. The topological polar surface area (TPSA) is 52.7 Å². The highest BCUT2D eigenvalue weighted by atomic mass is 32.2. The first-order chi connectivity index (χ1) is 8.19. The maximum Gasteiger partial charge on any atom is 0.218 e. The molecular weight excluding hydrogens is 250 g/mol. The lowest BCUT2D eigenvalue weighted by Crippen LogP contribution is -2.56. The van der Waals surface area contributed by atoms with Gasteiger partial charge in [-0.3, -0.25) is 4.90 Å². The van der Waals surface area contributed by atoms with Gasteiger partial charge < -0.3 is 5.32 Å². The highest BCUT2D eigenvalue weighted by Gasteiger charge is 2.33. The Hall–Kier alpha value is -0.170. The smallest absolute Gasteiger partial charge is 0.218 e. The first kappa shape index (κ1) is 15.9. The van der Waals surface area contributed by atoms with E-state index >= 15 is 0 Å². The minimum Gasteiger partial charge on any atom is -0.318 e. The van der Waals surface area contributed by atoms with Crippen molar-refractivity contribution in [3.8, 4) is 0 Å². The second-order valence-electron chi connectivity index (χ2n) is 5.97. The van der Waals surface area contributed by atoms with Gasteiger partial charge in [-0.2, -0.15) is 4.31 Å². The molecule has 1 fully saturated rings. The van der Waals surface area contributed by atoms with Gasteiger partial charge in [0.25, 0.3) is 0 Å². The van der Waals surface area contributed by atoms with Crippen molar-refractivity contribution in [3.05, 3.63) is 0 Å². The number of nitrogens with zero attached hydrogens (tertiary/aromatic N) is 2. The Morgan fingerprint density at radius 1 is 1.17 bits per heavy atom. The molecule has 0 aromatic rings. The first-order valence-electron chi connectivity index (χ1n) is 6.58. The molecule has 0 saturated carbocycles. The van der Waals surface area contributed by atoms with Gasteiger partial charge in [-0.05, 0) is 34.7 Å². The van der Waals surface area contributed by atoms with Crippen LogP contribution in [0.2, 0.25) is 0 Å². The van der Waals surface area contributed by atoms with E-state index in [0.717, 1.165) is 13.1 Å². The summed E-state index contributed by atoms with van der Waals surface area (Å²) >= 11 is 0. The summed E-state index contributed by atoms with van der Waals surface area (Å²) in [6, 6.07) is 0. The van der Waals surface area contributed by atoms with Crippen LogP contribution in [0.4, 0.5) is 0 Å². The molecule has 0 amide bonds. The van der Waals surface area contributed by atoms with Crippen molar-refractivity contribution in [2.75, 3.05) is 39.8 Å². The van der Waals surface area contributed by atoms with E-state index < -0.39 is 10.0 Å². The van der Waals surface area contributed by atoms with Gasteiger partial charge in [0.15, 0.2) is 0 Å². The summed E-state index contributed by atoms with van der Waals surface area (Å²) in [7, 11) is -1.37. The minimum atomic E-state index is -3.15. The molecule has 5 nitrogen and oxygen atoms in total. The molecule has 1 unspecified atom stereocenters. The number of hydrogen-bond acceptors (Lipinski definition) is 4. The van der Waals surface area contributed by atoms with E-state index in [9.17, 15) is 8.42 Å². The maximum atomic E-state index is 12.3. The summed E-state index contributed by atoms with van der Waals surface area (Å²) < 4.78 is 26.2. The summed E-state index contributed by atoms with van der Waals surface area (Å²) in [6.45, 7) is 11.6. The van der Waals surface area contributed by atoms with E-state index in [2.05, 4.69) is 31.0 Å². The standard InChI is InChI=1S/C12H27N3O2S/c1-11(10-13-5)18(16,17)15-8-6-14(7-9-15)12(2,3)4/h11,13H,6-10H2,1-5H3. The van der Waals surface area contributed by atoms with Crippen LogP contribution < -0.4 is 5.32 Å². The van der Waals surface area contributed by atoms with Crippen LogP contribution in [0.1, 0.15) is 27.7 Å². The SMILES string of the molecule is CNCC(C)S(=O)(=O)N1CCN(C(C)(C)C)CC1. The zero-order valence-electron chi connectivity index (χ0n) is 12.2. The molecular formula is C12H27N3O2S. The van der Waals surface area contributed by atoms with E-state index in [4.69, 9.17) is 0 Å². The Labute approximate surface area is 112 Å². The van der Waals surface area contributed by atoms with Crippen molar-refractivity contribution >= 4 is 10.0 Å². The maximum absolute atomic E-state index is 12.3. The normalized spacial score (nSPS) is 22.1. The third-order valence-corrected chi connectivity index (χ3v) is 5.82. The average molecular weight is 277 g/mol. The van der Waals surface area contributed by atoms with Gasteiger partial charge in [0.2, 0.25) is 10.0 Å². The highest BCUT2D eigenvalue weighted by Crippen LogP contribution is 2.18. The largest absolute Gasteiger partial charge is 0.318 e. The average Bonchev–Trinajstić information content (AvgIpc) is 2.28. The number of hydrogen-bond donors (Lipinski definition) is 1. The summed E-state index contributed by atoms with van der Waals surface area (Å²) in [5.41, 5.74) is 0.118. The number of nitrogens with one attached hydrogen (secondary N) is 1. The number of sulfonamides is 1. The van der Waals surface area contributed by atoms with Crippen LogP contribution in [-0.2, 0) is 10.0 Å². The lowest BCUT2D eigenvalue weighted by molar-refractivity contribution is 0.0919. The van der Waals surface area contributed by atoms with Crippen molar-refractivity contribution in [3.63, 3.8) is 0 Å². The van der Waals surface area contributed by atoms with E-state index in [1.54, 1.807) is 18.3 Å². The van der Waals surface area contributed by atoms with Crippen LogP contribution in [0.5, 0.6) is 0 Å². The Balaban J connectivity index is 2.63. The van der Waals surface area contributed by atoms with Crippen LogP contribution in [0, 0.1) is 0 Å². The van der Waals surface area contributed by atoms with Crippen LogP contribution in [0.25, 0.3) is 0 Å². The van der Waals surface area contributed by atoms with Gasteiger partial charge >= 0.3 is 0 Å². The van der Waals surface area contributed by atoms with Gasteiger partial charge in [-0.25, -0.2) is 8.42 Å². The summed E-state index contributed by atoms with van der Waals surface area (Å²) in [5.74, 6) is 0. The molecule has 0 aliphatic carbocycles. The lowest BCUT2D eigenvalue weighted by atomic mass is 10.1. The first-order valence-corrected chi connectivity index (χ1v) is 8.08. The Bertz CT molecular complexity index is 354. The van der Waals surface area contributed by atoms with Crippen molar-refractivity contribution in [2.45, 2.75) is 38.5 Å². The second kappa shape index (κ2) is 5.86. The van der Waals surface area contributed by atoms with Crippen molar-refractivity contribution in [1.29, 1.82) is 0 Å². The Morgan fingerprint density at radius 2 is 1.67 bits per heavy atom. The molecule has 108 valence electrons. The van der Waals surface area contributed by atoms with Gasteiger partial charge in [0.1, 0.15) is 0 Å². The fourth-order valence-electron chi connectivity index (χ4n) is 2.26. The van der Waals surface area contributed by atoms with Gasteiger partial charge in [0.05, 0.1) is 5.25 Å². The molecule has 0 radical (unpaired) electrons. The molecule has 1 heterocycles. The summed E-state index contributed by atoms with van der Waals surface area (Å²) in [6.07, 6.45) is 0. The minimum absolute atomic E-state index is 0.118. The monoisotopic (exact) mass is 277 g/mol. The Kier molecular flexibility index (Phi) is 5.17. The van der Waals surface area contributed by atoms with Crippen LogP contribution in [-0.4, -0.2) is 68.2 Å². The van der Waals surface area contributed by atoms with Crippen LogP contribution in [0.3, 0.4) is 0 Å².